The van der Waals surface area contributed by atoms with Gasteiger partial charge in [0, 0.05) is 75.2 Å². The van der Waals surface area contributed by atoms with Crippen molar-refractivity contribution in [2.75, 3.05) is 75.8 Å². The summed E-state index contributed by atoms with van der Waals surface area (Å²) in [6.45, 7) is 7.65. The first-order valence-electron chi connectivity index (χ1n) is 19.8. The minimum atomic E-state index is -4.57. The number of anilines is 2. The molecule has 5 aromatic rings. The predicted octanol–water partition coefficient (Wildman–Crippen LogP) is 6.77. The molecule has 3 N–H and O–H groups in total. The summed E-state index contributed by atoms with van der Waals surface area (Å²) in [5.74, 6) is -0.548. The normalized spacial score (nSPS) is 15.1. The van der Waals surface area contributed by atoms with Gasteiger partial charge < -0.3 is 24.8 Å². The van der Waals surface area contributed by atoms with Gasteiger partial charge in [-0.05, 0) is 83.8 Å². The van der Waals surface area contributed by atoms with Crippen LogP contribution in [0.5, 0.6) is 11.5 Å². The van der Waals surface area contributed by atoms with Crippen molar-refractivity contribution in [2.24, 2.45) is 0 Å². The topological polar surface area (TPSA) is 167 Å². The number of sulfonamides is 1. The van der Waals surface area contributed by atoms with Crippen LogP contribution in [0, 0.1) is 10.1 Å². The molecular formula is C44H47ClN6O8S. The number of nitro benzene ring substituents is 1. The number of hydrogen-bond donors (Lipinski definition) is 3. The fourth-order valence-electron chi connectivity index (χ4n) is 7.35. The number of nitrogens with one attached hydrogen (secondary N) is 2. The van der Waals surface area contributed by atoms with E-state index in [-0.39, 0.29) is 23.6 Å². The number of benzene rings is 5. The third-order valence-electron chi connectivity index (χ3n) is 10.6. The number of aliphatic hydroxyl groups excluding tert-OH is 1. The Hall–Kier alpha value is -5.55. The van der Waals surface area contributed by atoms with Gasteiger partial charge in [-0.15, -0.1) is 0 Å². The van der Waals surface area contributed by atoms with E-state index in [9.17, 15) is 28.4 Å². The molecule has 0 saturated carbocycles. The number of piperazine rings is 1. The molecule has 5 aromatic carbocycles. The van der Waals surface area contributed by atoms with Gasteiger partial charge in [0.2, 0.25) is 0 Å². The van der Waals surface area contributed by atoms with Crippen LogP contribution in [0.15, 0.2) is 114 Å². The molecule has 0 spiro atoms. The highest BCUT2D eigenvalue weighted by Crippen LogP contribution is 2.33. The Morgan fingerprint density at radius 2 is 1.63 bits per heavy atom. The smallest absolute Gasteiger partial charge is 0.293 e. The number of nitro groups is 1. The van der Waals surface area contributed by atoms with Gasteiger partial charge in [0.05, 0.1) is 35.2 Å². The van der Waals surface area contributed by atoms with Gasteiger partial charge in [0.1, 0.15) is 17.2 Å². The summed E-state index contributed by atoms with van der Waals surface area (Å²) in [5.41, 5.74) is 4.49. The monoisotopic (exact) mass is 854 g/mol. The highest BCUT2D eigenvalue weighted by Gasteiger charge is 2.27. The van der Waals surface area contributed by atoms with Crippen LogP contribution in [0.3, 0.4) is 0 Å². The molecule has 16 heteroatoms. The first-order chi connectivity index (χ1) is 29.1. The Bertz CT molecular complexity index is 2400. The number of morpholine rings is 1. The lowest BCUT2D eigenvalue weighted by molar-refractivity contribution is -0.384. The second-order valence-electron chi connectivity index (χ2n) is 14.6. The first-order valence-corrected chi connectivity index (χ1v) is 21.6. The highest BCUT2D eigenvalue weighted by atomic mass is 35.5. The minimum Gasteiger partial charge on any atom is -0.456 e. The lowest BCUT2D eigenvalue weighted by Crippen LogP contribution is -2.46. The molecule has 2 saturated heterocycles. The van der Waals surface area contributed by atoms with Crippen molar-refractivity contribution in [3.8, 4) is 22.6 Å². The summed E-state index contributed by atoms with van der Waals surface area (Å²) in [4.78, 5) is 31.6. The first kappa shape index (κ1) is 42.6. The Balaban J connectivity index is 1.05. The molecule has 0 unspecified atom stereocenters. The third-order valence-corrected chi connectivity index (χ3v) is 12.2. The molecule has 0 aromatic heterocycles. The number of halogens is 1. The number of hydrogen-bond acceptors (Lipinski definition) is 12. The number of nitrogens with zero attached hydrogens (tertiary/aromatic N) is 4. The molecule has 1 amide bonds. The standard InChI is InChI=1S/C44H47ClN6O8S/c45-35-11-9-33(10-12-35)39-8-2-1-6-34(39)30-49-19-21-50(22-20-49)36-13-15-40(43(28-36)59-37-7-3-5-32(27-37)31-52)44(53)47-60(56,57)38-14-16-41(42(29-38)51(54)55)46-17-4-18-48-23-25-58-26-24-48/h1-3,5-16,27-29,46,52H,4,17-26,30-31H2,(H,47,53). The number of carbonyl (C=O) groups excluding carboxylic acids is 1. The van der Waals surface area contributed by atoms with Crippen LogP contribution in [0.25, 0.3) is 11.1 Å². The third kappa shape index (κ3) is 10.8. The zero-order chi connectivity index (χ0) is 42.1. The van der Waals surface area contributed by atoms with Gasteiger partial charge in [-0.2, -0.15) is 0 Å². The van der Waals surface area contributed by atoms with E-state index in [1.54, 1.807) is 36.4 Å². The molecule has 314 valence electrons. The molecule has 0 atom stereocenters. The van der Waals surface area contributed by atoms with Crippen molar-refractivity contribution >= 4 is 44.6 Å². The summed E-state index contributed by atoms with van der Waals surface area (Å²) in [6, 6.07) is 31.3. The van der Waals surface area contributed by atoms with Crippen LogP contribution in [0.4, 0.5) is 17.1 Å². The summed E-state index contributed by atoms with van der Waals surface area (Å²) in [6.07, 6.45) is 0.720. The summed E-state index contributed by atoms with van der Waals surface area (Å²) in [5, 5.41) is 25.5. The van der Waals surface area contributed by atoms with Crippen molar-refractivity contribution < 1.29 is 32.7 Å². The van der Waals surface area contributed by atoms with Gasteiger partial charge in [-0.25, -0.2) is 13.1 Å². The van der Waals surface area contributed by atoms with Crippen molar-refractivity contribution in [2.45, 2.75) is 24.5 Å². The fraction of sp³-hybridized carbons (Fsp3) is 0.295. The molecule has 7 rings (SSSR count). The molecule has 0 aliphatic carbocycles. The van der Waals surface area contributed by atoms with Crippen LogP contribution < -0.4 is 19.7 Å². The second kappa shape index (κ2) is 19.7. The highest BCUT2D eigenvalue weighted by molar-refractivity contribution is 7.90. The molecule has 14 nitrogen and oxygen atoms in total. The van der Waals surface area contributed by atoms with Crippen molar-refractivity contribution in [3.05, 3.63) is 141 Å². The van der Waals surface area contributed by atoms with Gasteiger partial charge in [-0.3, -0.25) is 24.7 Å². The maximum Gasteiger partial charge on any atom is 0.293 e. The van der Waals surface area contributed by atoms with Gasteiger partial charge in [-0.1, -0.05) is 60.1 Å². The van der Waals surface area contributed by atoms with Crippen molar-refractivity contribution in [1.82, 2.24) is 14.5 Å². The van der Waals surface area contributed by atoms with E-state index in [1.807, 2.05) is 36.4 Å². The van der Waals surface area contributed by atoms with Crippen molar-refractivity contribution in [1.29, 1.82) is 0 Å². The second-order valence-corrected chi connectivity index (χ2v) is 16.7. The lowest BCUT2D eigenvalue weighted by atomic mass is 9.99. The molecule has 0 radical (unpaired) electrons. The molecule has 0 bridgehead atoms. The van der Waals surface area contributed by atoms with Crippen LogP contribution in [-0.2, 0) is 27.9 Å². The van der Waals surface area contributed by atoms with Crippen LogP contribution in [-0.4, -0.2) is 99.7 Å². The van der Waals surface area contributed by atoms with Gasteiger partial charge in [0.25, 0.3) is 21.6 Å². The number of ether oxygens (including phenoxy) is 2. The van der Waals surface area contributed by atoms with Crippen LogP contribution in [0.1, 0.15) is 27.9 Å². The Morgan fingerprint density at radius 1 is 0.867 bits per heavy atom. The molecule has 2 heterocycles. The van der Waals surface area contributed by atoms with Crippen molar-refractivity contribution in [3.63, 3.8) is 0 Å². The predicted molar refractivity (Wildman–Crippen MR) is 231 cm³/mol. The number of amides is 1. The molecular weight excluding hydrogens is 808 g/mol. The Morgan fingerprint density at radius 3 is 2.38 bits per heavy atom. The molecule has 60 heavy (non-hydrogen) atoms. The maximum atomic E-state index is 13.8. The quantitative estimate of drug-likeness (QED) is 0.0542. The zero-order valence-electron chi connectivity index (χ0n) is 33.0. The molecule has 2 aliphatic heterocycles. The SMILES string of the molecule is O=C(NS(=O)(=O)c1ccc(NCCCN2CCOCC2)c([N+](=O)[O-])c1)c1ccc(N2CCN(Cc3ccccc3-c3ccc(Cl)cc3)CC2)cc1Oc1cccc(CO)c1. The van der Waals surface area contributed by atoms with E-state index in [2.05, 4.69) is 36.9 Å². The summed E-state index contributed by atoms with van der Waals surface area (Å²) < 4.78 is 40.9. The van der Waals surface area contributed by atoms with E-state index in [1.165, 1.54) is 23.8 Å². The summed E-state index contributed by atoms with van der Waals surface area (Å²) in [7, 11) is -4.57. The number of rotatable bonds is 16. The summed E-state index contributed by atoms with van der Waals surface area (Å²) >= 11 is 6.15. The average molecular weight is 855 g/mol. The molecule has 2 aliphatic rings. The zero-order valence-corrected chi connectivity index (χ0v) is 34.5. The van der Waals surface area contributed by atoms with Gasteiger partial charge >= 0.3 is 0 Å². The fourth-order valence-corrected chi connectivity index (χ4v) is 8.47. The number of aliphatic hydroxyl groups is 1. The lowest BCUT2D eigenvalue weighted by Gasteiger charge is -2.36. The average Bonchev–Trinajstić information content (AvgIpc) is 3.26. The van der Waals surface area contributed by atoms with E-state index >= 15 is 0 Å². The minimum absolute atomic E-state index is 0.0674. The van der Waals surface area contributed by atoms with Crippen LogP contribution >= 0.6 is 11.6 Å². The van der Waals surface area contributed by atoms with Crippen LogP contribution in [0.2, 0.25) is 5.02 Å². The largest absolute Gasteiger partial charge is 0.456 e. The van der Waals surface area contributed by atoms with E-state index in [4.69, 9.17) is 21.1 Å². The number of carbonyl (C=O) groups is 1. The van der Waals surface area contributed by atoms with E-state index in [0.717, 1.165) is 68.6 Å². The van der Waals surface area contributed by atoms with Gasteiger partial charge in [0.15, 0.2) is 0 Å². The Labute approximate surface area is 354 Å². The Kier molecular flexibility index (Phi) is 14.0. The van der Waals surface area contributed by atoms with E-state index < -0.39 is 31.4 Å². The molecule has 2 fully saturated rings. The van der Waals surface area contributed by atoms with E-state index in [0.29, 0.717) is 49.2 Å². The maximum absolute atomic E-state index is 13.8.